The van der Waals surface area contributed by atoms with Gasteiger partial charge in [0, 0.05) is 48.6 Å². The number of benzene rings is 1. The SMILES string of the molecule is CN(C)c1ccnc2sc3c(=O)n(-c4ccc(O)cc4)ccc3c12. The number of phenolic OH excluding ortho intramolecular Hbond substituents is 1. The average Bonchev–Trinajstić information content (AvgIpc) is 2.96. The maximum absolute atomic E-state index is 12.9. The van der Waals surface area contributed by atoms with Crippen molar-refractivity contribution in [1.82, 2.24) is 9.55 Å². The van der Waals surface area contributed by atoms with Gasteiger partial charge in [-0.25, -0.2) is 4.98 Å². The molecule has 0 fully saturated rings. The number of thiophene rings is 1. The summed E-state index contributed by atoms with van der Waals surface area (Å²) >= 11 is 1.41. The topological polar surface area (TPSA) is 58.4 Å². The molecule has 0 atom stereocenters. The van der Waals surface area contributed by atoms with E-state index in [0.717, 1.165) is 27.0 Å². The van der Waals surface area contributed by atoms with E-state index in [1.165, 1.54) is 11.3 Å². The monoisotopic (exact) mass is 337 g/mol. The third-order valence-corrected chi connectivity index (χ3v) is 5.12. The first kappa shape index (κ1) is 14.7. The van der Waals surface area contributed by atoms with Gasteiger partial charge in [0.1, 0.15) is 15.3 Å². The molecule has 0 aliphatic heterocycles. The normalized spacial score (nSPS) is 11.2. The summed E-state index contributed by atoms with van der Waals surface area (Å²) in [5.41, 5.74) is 1.69. The third kappa shape index (κ3) is 2.15. The zero-order chi connectivity index (χ0) is 16.8. The zero-order valence-electron chi connectivity index (χ0n) is 13.2. The smallest absolute Gasteiger partial charge is 0.273 e. The fourth-order valence-electron chi connectivity index (χ4n) is 2.86. The van der Waals surface area contributed by atoms with Crippen LogP contribution in [0.3, 0.4) is 0 Å². The van der Waals surface area contributed by atoms with E-state index in [-0.39, 0.29) is 11.3 Å². The van der Waals surface area contributed by atoms with Gasteiger partial charge in [0.05, 0.1) is 0 Å². The minimum absolute atomic E-state index is 0.0779. The van der Waals surface area contributed by atoms with Crippen LogP contribution in [0.25, 0.3) is 26.0 Å². The number of anilines is 1. The Kier molecular flexibility index (Phi) is 3.28. The maximum Gasteiger partial charge on any atom is 0.273 e. The van der Waals surface area contributed by atoms with Crippen LogP contribution in [0.2, 0.25) is 0 Å². The van der Waals surface area contributed by atoms with E-state index in [1.54, 1.807) is 41.2 Å². The Morgan fingerprint density at radius 1 is 1.12 bits per heavy atom. The van der Waals surface area contributed by atoms with E-state index in [0.29, 0.717) is 4.70 Å². The van der Waals surface area contributed by atoms with E-state index >= 15 is 0 Å². The second-order valence-electron chi connectivity index (χ2n) is 5.76. The summed E-state index contributed by atoms with van der Waals surface area (Å²) in [7, 11) is 3.96. The van der Waals surface area contributed by atoms with Crippen LogP contribution in [0.15, 0.2) is 53.6 Å². The largest absolute Gasteiger partial charge is 0.508 e. The number of pyridine rings is 2. The van der Waals surface area contributed by atoms with Gasteiger partial charge in [0.15, 0.2) is 0 Å². The Morgan fingerprint density at radius 2 is 1.88 bits per heavy atom. The summed E-state index contributed by atoms with van der Waals surface area (Å²) in [6.45, 7) is 0. The number of fused-ring (bicyclic) bond motifs is 3. The van der Waals surface area contributed by atoms with Crippen molar-refractivity contribution < 1.29 is 5.11 Å². The Labute approximate surface area is 142 Å². The van der Waals surface area contributed by atoms with Gasteiger partial charge < -0.3 is 10.0 Å². The van der Waals surface area contributed by atoms with Crippen LogP contribution in [0.4, 0.5) is 5.69 Å². The highest BCUT2D eigenvalue weighted by molar-refractivity contribution is 7.25. The predicted molar refractivity (Wildman–Crippen MR) is 98.7 cm³/mol. The van der Waals surface area contributed by atoms with Crippen molar-refractivity contribution in [3.63, 3.8) is 0 Å². The first-order valence-electron chi connectivity index (χ1n) is 7.46. The number of rotatable bonds is 2. The van der Waals surface area contributed by atoms with Crippen molar-refractivity contribution >= 4 is 37.3 Å². The van der Waals surface area contributed by atoms with Crippen LogP contribution >= 0.6 is 11.3 Å². The molecule has 3 aromatic heterocycles. The molecule has 0 saturated carbocycles. The summed E-state index contributed by atoms with van der Waals surface area (Å²) in [6.07, 6.45) is 3.54. The van der Waals surface area contributed by atoms with Gasteiger partial charge in [0.2, 0.25) is 0 Å². The second kappa shape index (κ2) is 5.35. The van der Waals surface area contributed by atoms with Crippen LogP contribution in [0, 0.1) is 0 Å². The number of hydrogen-bond donors (Lipinski definition) is 1. The molecule has 24 heavy (non-hydrogen) atoms. The lowest BCUT2D eigenvalue weighted by molar-refractivity contribution is 0.475. The molecule has 0 aliphatic rings. The molecule has 5 nitrogen and oxygen atoms in total. The molecule has 0 radical (unpaired) electrons. The zero-order valence-corrected chi connectivity index (χ0v) is 14.0. The van der Waals surface area contributed by atoms with Crippen LogP contribution < -0.4 is 10.5 Å². The summed E-state index contributed by atoms with van der Waals surface area (Å²) < 4.78 is 2.27. The molecule has 0 spiro atoms. The fraction of sp³-hybridized carbons (Fsp3) is 0.111. The lowest BCUT2D eigenvalue weighted by Crippen LogP contribution is -2.16. The molecule has 1 aromatic carbocycles. The van der Waals surface area contributed by atoms with Gasteiger partial charge in [-0.1, -0.05) is 0 Å². The molecular weight excluding hydrogens is 322 g/mol. The number of nitrogens with zero attached hydrogens (tertiary/aromatic N) is 3. The first-order valence-corrected chi connectivity index (χ1v) is 8.27. The highest BCUT2D eigenvalue weighted by Crippen LogP contribution is 2.36. The van der Waals surface area contributed by atoms with Gasteiger partial charge in [0.25, 0.3) is 5.56 Å². The van der Waals surface area contributed by atoms with Crippen LogP contribution in [-0.4, -0.2) is 28.8 Å². The predicted octanol–water partition coefficient (Wildman–Crippen LogP) is 3.37. The van der Waals surface area contributed by atoms with Crippen LogP contribution in [0.5, 0.6) is 5.75 Å². The molecule has 120 valence electrons. The maximum atomic E-state index is 12.9. The molecule has 0 aliphatic carbocycles. The molecule has 0 amide bonds. The lowest BCUT2D eigenvalue weighted by Gasteiger charge is -2.13. The quantitative estimate of drug-likeness (QED) is 0.609. The van der Waals surface area contributed by atoms with Gasteiger partial charge in [-0.15, -0.1) is 11.3 Å². The first-order chi connectivity index (χ1) is 11.6. The summed E-state index contributed by atoms with van der Waals surface area (Å²) in [5, 5.41) is 11.4. The Balaban J connectivity index is 2.04. The van der Waals surface area contributed by atoms with Crippen molar-refractivity contribution in [1.29, 1.82) is 0 Å². The molecule has 1 N–H and O–H groups in total. The molecule has 4 aromatic rings. The second-order valence-corrected chi connectivity index (χ2v) is 6.76. The van der Waals surface area contributed by atoms with Crippen molar-refractivity contribution in [3.05, 3.63) is 59.1 Å². The fourth-order valence-corrected chi connectivity index (χ4v) is 3.95. The molecule has 4 rings (SSSR count). The highest BCUT2D eigenvalue weighted by Gasteiger charge is 2.15. The minimum Gasteiger partial charge on any atom is -0.508 e. The standard InChI is InChI=1S/C18H15N3O2S/c1-20(2)14-7-9-19-17-15(14)13-8-10-21(18(23)16(13)24-17)11-3-5-12(22)6-4-11/h3-10,22H,1-2H3. The van der Waals surface area contributed by atoms with E-state index in [1.807, 2.05) is 31.1 Å². The van der Waals surface area contributed by atoms with E-state index in [4.69, 9.17) is 0 Å². The highest BCUT2D eigenvalue weighted by atomic mass is 32.1. The molecule has 0 saturated heterocycles. The van der Waals surface area contributed by atoms with Crippen LogP contribution in [0.1, 0.15) is 0 Å². The van der Waals surface area contributed by atoms with Crippen molar-refractivity contribution in [2.24, 2.45) is 0 Å². The van der Waals surface area contributed by atoms with E-state index in [2.05, 4.69) is 4.98 Å². The number of hydrogen-bond acceptors (Lipinski definition) is 5. The molecule has 0 unspecified atom stereocenters. The van der Waals surface area contributed by atoms with E-state index in [9.17, 15) is 9.90 Å². The Morgan fingerprint density at radius 3 is 2.58 bits per heavy atom. The van der Waals surface area contributed by atoms with Gasteiger partial charge in [-0.05, 0) is 36.4 Å². The van der Waals surface area contributed by atoms with Crippen molar-refractivity contribution in [2.75, 3.05) is 19.0 Å². The van der Waals surface area contributed by atoms with Gasteiger partial charge in [-0.3, -0.25) is 9.36 Å². The molecule has 0 bridgehead atoms. The van der Waals surface area contributed by atoms with E-state index < -0.39 is 0 Å². The average molecular weight is 337 g/mol. The van der Waals surface area contributed by atoms with Crippen molar-refractivity contribution in [2.45, 2.75) is 0 Å². The van der Waals surface area contributed by atoms with Crippen molar-refractivity contribution in [3.8, 4) is 11.4 Å². The Bertz CT molecular complexity index is 1110. The third-order valence-electron chi connectivity index (χ3n) is 4.02. The number of aromatic hydroxyl groups is 1. The molecule has 3 heterocycles. The number of phenols is 1. The molecular formula is C18H15N3O2S. The van der Waals surface area contributed by atoms with Crippen LogP contribution in [-0.2, 0) is 0 Å². The Hall–Kier alpha value is -2.86. The van der Waals surface area contributed by atoms with Gasteiger partial charge >= 0.3 is 0 Å². The summed E-state index contributed by atoms with van der Waals surface area (Å²) in [6, 6.07) is 10.5. The summed E-state index contributed by atoms with van der Waals surface area (Å²) in [5.74, 6) is 0.176. The van der Waals surface area contributed by atoms with Gasteiger partial charge in [-0.2, -0.15) is 0 Å². The summed E-state index contributed by atoms with van der Waals surface area (Å²) in [4.78, 5) is 20.2. The minimum atomic E-state index is -0.0779. The number of aromatic nitrogens is 2. The molecule has 6 heteroatoms. The lowest BCUT2D eigenvalue weighted by atomic mass is 10.2.